The number of ether oxygens (including phenoxy) is 4. The smallest absolute Gasteiger partial charge is 0.410 e. The Hall–Kier alpha value is -3.39. The number of aromatic nitrogens is 1. The van der Waals surface area contributed by atoms with Gasteiger partial charge in [0.25, 0.3) is 0 Å². The van der Waals surface area contributed by atoms with Crippen molar-refractivity contribution in [3.63, 3.8) is 0 Å². The highest BCUT2D eigenvalue weighted by atomic mass is 32.1. The van der Waals surface area contributed by atoms with Gasteiger partial charge in [-0.15, -0.1) is 11.3 Å². The van der Waals surface area contributed by atoms with E-state index in [0.29, 0.717) is 62.8 Å². The molecule has 2 aliphatic rings. The fourth-order valence-electron chi connectivity index (χ4n) is 6.33. The van der Waals surface area contributed by atoms with Crippen LogP contribution in [-0.4, -0.2) is 110 Å². The third-order valence-corrected chi connectivity index (χ3v) is 10.0. The molecule has 0 radical (unpaired) electrons. The normalized spacial score (nSPS) is 18.0. The van der Waals surface area contributed by atoms with Crippen molar-refractivity contribution in [3.05, 3.63) is 45.9 Å². The molecule has 2 heterocycles. The maximum absolute atomic E-state index is 14.3. The van der Waals surface area contributed by atoms with E-state index in [1.54, 1.807) is 41.6 Å². The molecule has 0 bridgehead atoms. The van der Waals surface area contributed by atoms with Crippen molar-refractivity contribution in [2.45, 2.75) is 96.4 Å². The van der Waals surface area contributed by atoms with E-state index in [9.17, 15) is 19.2 Å². The molecule has 0 spiro atoms. The highest BCUT2D eigenvalue weighted by Gasteiger charge is 2.39. The van der Waals surface area contributed by atoms with Gasteiger partial charge < -0.3 is 38.9 Å². The van der Waals surface area contributed by atoms with Gasteiger partial charge in [0.2, 0.25) is 11.7 Å². The first kappa shape index (κ1) is 39.4. The first-order valence-corrected chi connectivity index (χ1v) is 18.7. The third kappa shape index (κ3) is 11.6. The van der Waals surface area contributed by atoms with Crippen LogP contribution in [0, 0.1) is 5.92 Å². The summed E-state index contributed by atoms with van der Waals surface area (Å²) in [4.78, 5) is 59.1. The Balaban J connectivity index is 1.38. The number of carbonyl (C=O) groups excluding carboxylic acids is 4. The lowest BCUT2D eigenvalue weighted by Gasteiger charge is -2.36. The molecule has 1 saturated carbocycles. The molecule has 1 aliphatic heterocycles. The standard InChI is InChI=1S/C37H54N4O8S/c1-26(40(5)36(45)49-37(2,3)4)24-38-32(27-11-7-6-8-12-27)35(44)41-16-10-15-31(41)34-39-30(25-50-34)33(43)28-13-9-14-29(23-28)48-22-21-47-20-19-46-18-17-42/h9,13-14,17,23,25-27,31-32,38H,6-8,10-12,15-16,18-22,24H2,1-5H3/t26-,31-,32-/m0/s1. The van der Waals surface area contributed by atoms with Crippen LogP contribution in [0.25, 0.3) is 0 Å². The van der Waals surface area contributed by atoms with E-state index < -0.39 is 5.60 Å². The first-order valence-electron chi connectivity index (χ1n) is 17.8. The number of benzene rings is 1. The summed E-state index contributed by atoms with van der Waals surface area (Å²) >= 11 is 1.42. The van der Waals surface area contributed by atoms with E-state index in [4.69, 9.17) is 23.9 Å². The van der Waals surface area contributed by atoms with Gasteiger partial charge in [0.15, 0.2) is 0 Å². The van der Waals surface area contributed by atoms with Gasteiger partial charge in [-0.2, -0.15) is 0 Å². The van der Waals surface area contributed by atoms with Crippen LogP contribution in [0.4, 0.5) is 4.79 Å². The van der Waals surface area contributed by atoms with Gasteiger partial charge in [-0.1, -0.05) is 31.4 Å². The Labute approximate surface area is 300 Å². The molecule has 3 atom stereocenters. The van der Waals surface area contributed by atoms with E-state index in [0.717, 1.165) is 43.5 Å². The minimum absolute atomic E-state index is 0.0496. The average Bonchev–Trinajstić information content (AvgIpc) is 3.79. The molecular weight excluding hydrogens is 660 g/mol. The number of aldehydes is 1. The lowest BCUT2D eigenvalue weighted by atomic mass is 9.83. The Bertz CT molecular complexity index is 1410. The monoisotopic (exact) mass is 714 g/mol. The number of rotatable bonds is 18. The number of carbonyl (C=O) groups is 4. The fourth-order valence-corrected chi connectivity index (χ4v) is 7.27. The van der Waals surface area contributed by atoms with Gasteiger partial charge in [0, 0.05) is 37.1 Å². The molecule has 13 heteroatoms. The number of nitrogens with zero attached hydrogens (tertiary/aromatic N) is 3. The van der Waals surface area contributed by atoms with Crippen molar-refractivity contribution in [1.82, 2.24) is 20.1 Å². The summed E-state index contributed by atoms with van der Waals surface area (Å²) in [7, 11) is 1.73. The predicted molar refractivity (Wildman–Crippen MR) is 191 cm³/mol. The maximum atomic E-state index is 14.3. The third-order valence-electron chi connectivity index (χ3n) is 9.09. The van der Waals surface area contributed by atoms with Crippen LogP contribution in [0.2, 0.25) is 0 Å². The van der Waals surface area contributed by atoms with Gasteiger partial charge in [-0.05, 0) is 71.4 Å². The number of amides is 2. The van der Waals surface area contributed by atoms with Gasteiger partial charge in [-0.25, -0.2) is 9.78 Å². The van der Waals surface area contributed by atoms with Crippen molar-refractivity contribution < 1.29 is 38.1 Å². The number of nitrogens with one attached hydrogen (secondary N) is 1. The van der Waals surface area contributed by atoms with E-state index in [1.165, 1.54) is 17.8 Å². The van der Waals surface area contributed by atoms with Crippen LogP contribution < -0.4 is 10.1 Å². The Kier molecular flexibility index (Phi) is 15.2. The number of likely N-dealkylation sites (N-methyl/N-ethyl adjacent to an activating group) is 1. The van der Waals surface area contributed by atoms with Crippen molar-refractivity contribution >= 4 is 35.4 Å². The van der Waals surface area contributed by atoms with Gasteiger partial charge >= 0.3 is 6.09 Å². The van der Waals surface area contributed by atoms with Crippen LogP contribution in [0.3, 0.4) is 0 Å². The van der Waals surface area contributed by atoms with Crippen LogP contribution >= 0.6 is 11.3 Å². The molecule has 2 aromatic rings. The molecule has 1 aliphatic carbocycles. The second-order valence-corrected chi connectivity index (χ2v) is 14.9. The van der Waals surface area contributed by atoms with Crippen molar-refractivity contribution in [1.29, 1.82) is 0 Å². The average molecular weight is 715 g/mol. The molecule has 1 saturated heterocycles. The highest BCUT2D eigenvalue weighted by Crippen LogP contribution is 2.36. The SMILES string of the molecule is C[C@@H](CN[C@H](C(=O)N1CCC[C@H]1c1nc(C(=O)c2cccc(OCCOCCOCC=O)c2)cs1)C1CCCCC1)N(C)C(=O)OC(C)(C)C. The molecule has 1 aromatic carbocycles. The summed E-state index contributed by atoms with van der Waals surface area (Å²) in [6, 6.07) is 6.25. The van der Waals surface area contributed by atoms with Crippen molar-refractivity contribution in [2.24, 2.45) is 5.92 Å². The molecule has 0 unspecified atom stereocenters. The van der Waals surface area contributed by atoms with Crippen LogP contribution in [0.15, 0.2) is 29.6 Å². The summed E-state index contributed by atoms with van der Waals surface area (Å²) in [6.07, 6.45) is 7.32. The summed E-state index contributed by atoms with van der Waals surface area (Å²) in [5.74, 6) is 0.625. The summed E-state index contributed by atoms with van der Waals surface area (Å²) in [5, 5.41) is 6.11. The number of likely N-dealkylation sites (tertiary alicyclic amines) is 1. The zero-order valence-electron chi connectivity index (χ0n) is 30.2. The first-order chi connectivity index (χ1) is 24.0. The zero-order chi connectivity index (χ0) is 36.1. The Morgan fingerprint density at radius 2 is 1.80 bits per heavy atom. The van der Waals surface area contributed by atoms with E-state index in [1.807, 2.05) is 32.6 Å². The molecule has 1 aromatic heterocycles. The molecule has 2 amide bonds. The van der Waals surface area contributed by atoms with Gasteiger partial charge in [0.1, 0.15) is 41.6 Å². The molecule has 4 rings (SSSR count). The lowest BCUT2D eigenvalue weighted by Crippen LogP contribution is -2.54. The molecule has 276 valence electrons. The number of hydrogen-bond donors (Lipinski definition) is 1. The fraction of sp³-hybridized carbons (Fsp3) is 0.649. The summed E-state index contributed by atoms with van der Waals surface area (Å²) < 4.78 is 21.8. The number of thiazole rings is 1. The van der Waals surface area contributed by atoms with Crippen molar-refractivity contribution in [3.8, 4) is 5.75 Å². The predicted octanol–water partition coefficient (Wildman–Crippen LogP) is 5.44. The molecular formula is C37H54N4O8S. The highest BCUT2D eigenvalue weighted by molar-refractivity contribution is 7.10. The van der Waals surface area contributed by atoms with Gasteiger partial charge in [0.05, 0.1) is 31.9 Å². The Morgan fingerprint density at radius 3 is 2.54 bits per heavy atom. The Morgan fingerprint density at radius 1 is 1.06 bits per heavy atom. The largest absolute Gasteiger partial charge is 0.491 e. The second-order valence-electron chi connectivity index (χ2n) is 14.0. The number of hydrogen-bond acceptors (Lipinski definition) is 11. The second kappa shape index (κ2) is 19.3. The van der Waals surface area contributed by atoms with Crippen LogP contribution in [0.1, 0.15) is 99.7 Å². The minimum atomic E-state index is -0.589. The molecule has 1 N–H and O–H groups in total. The maximum Gasteiger partial charge on any atom is 0.410 e. The number of ketones is 1. The zero-order valence-corrected chi connectivity index (χ0v) is 31.0. The molecule has 50 heavy (non-hydrogen) atoms. The topological polar surface area (TPSA) is 137 Å². The van der Waals surface area contributed by atoms with Gasteiger partial charge in [-0.3, -0.25) is 9.59 Å². The van der Waals surface area contributed by atoms with E-state index in [2.05, 4.69) is 5.32 Å². The van der Waals surface area contributed by atoms with E-state index >= 15 is 0 Å². The summed E-state index contributed by atoms with van der Waals surface area (Å²) in [5.41, 5.74) is 0.226. The quantitative estimate of drug-likeness (QED) is 0.121. The lowest BCUT2D eigenvalue weighted by molar-refractivity contribution is -0.136. The van der Waals surface area contributed by atoms with Crippen LogP contribution in [0.5, 0.6) is 5.75 Å². The van der Waals surface area contributed by atoms with E-state index in [-0.39, 0.29) is 48.4 Å². The molecule has 12 nitrogen and oxygen atoms in total. The minimum Gasteiger partial charge on any atom is -0.491 e. The molecule has 2 fully saturated rings. The summed E-state index contributed by atoms with van der Waals surface area (Å²) in [6.45, 7) is 9.98. The van der Waals surface area contributed by atoms with Crippen LogP contribution in [-0.2, 0) is 23.8 Å². The van der Waals surface area contributed by atoms with Crippen molar-refractivity contribution in [2.75, 3.05) is 53.2 Å².